The van der Waals surface area contributed by atoms with Crippen molar-refractivity contribution in [2.75, 3.05) is 11.9 Å². The molecule has 0 radical (unpaired) electrons. The van der Waals surface area contributed by atoms with Crippen LogP contribution >= 0.6 is 11.6 Å². The highest BCUT2D eigenvalue weighted by Crippen LogP contribution is 2.23. The molecule has 5 heteroatoms. The summed E-state index contributed by atoms with van der Waals surface area (Å²) in [5, 5.41) is 3.26. The average Bonchev–Trinajstić information content (AvgIpc) is 2.77. The van der Waals surface area contributed by atoms with Crippen molar-refractivity contribution in [3.63, 3.8) is 0 Å². The van der Waals surface area contributed by atoms with Crippen molar-refractivity contribution < 1.29 is 9.18 Å². The van der Waals surface area contributed by atoms with Crippen LogP contribution in [-0.2, 0) is 4.79 Å². The number of carbonyl (C=O) groups is 1. The van der Waals surface area contributed by atoms with E-state index in [4.69, 9.17) is 11.6 Å². The molecule has 1 fully saturated rings. The minimum absolute atomic E-state index is 0.0120. The van der Waals surface area contributed by atoms with Gasteiger partial charge in [-0.15, -0.1) is 0 Å². The van der Waals surface area contributed by atoms with Crippen LogP contribution in [0.25, 0.3) is 0 Å². The molecule has 0 aromatic heterocycles. The van der Waals surface area contributed by atoms with Crippen molar-refractivity contribution in [1.29, 1.82) is 0 Å². The fraction of sp³-hybridized carbons (Fsp3) is 0.462. The summed E-state index contributed by atoms with van der Waals surface area (Å²) in [5.41, 5.74) is 0.604. The highest BCUT2D eigenvalue weighted by atomic mass is 35.5. The number of amides is 1. The predicted octanol–water partition coefficient (Wildman–Crippen LogP) is 2.58. The van der Waals surface area contributed by atoms with Crippen LogP contribution in [0.2, 0.25) is 5.02 Å². The highest BCUT2D eigenvalue weighted by Gasteiger charge is 2.29. The maximum Gasteiger partial charge on any atom is 0.243 e. The highest BCUT2D eigenvalue weighted by molar-refractivity contribution is 6.31. The van der Waals surface area contributed by atoms with Crippen molar-refractivity contribution in [3.05, 3.63) is 29.0 Å². The van der Waals surface area contributed by atoms with Crippen molar-refractivity contribution in [2.45, 2.75) is 31.8 Å². The Bertz CT molecular complexity index is 466. The van der Waals surface area contributed by atoms with Crippen molar-refractivity contribution in [1.82, 2.24) is 5.32 Å². The number of anilines is 1. The van der Waals surface area contributed by atoms with Crippen LogP contribution in [0.4, 0.5) is 10.1 Å². The molecule has 98 valence electrons. The first kappa shape index (κ1) is 13.3. The first-order valence-corrected chi connectivity index (χ1v) is 6.35. The molecule has 0 aliphatic carbocycles. The molecule has 18 heavy (non-hydrogen) atoms. The number of rotatable bonds is 2. The van der Waals surface area contributed by atoms with E-state index in [2.05, 4.69) is 12.2 Å². The second kappa shape index (κ2) is 5.24. The fourth-order valence-electron chi connectivity index (χ4n) is 2.18. The second-order valence-corrected chi connectivity index (χ2v) is 5.10. The zero-order valence-electron chi connectivity index (χ0n) is 10.4. The number of carbonyl (C=O) groups excluding carboxylic acids is 1. The van der Waals surface area contributed by atoms with E-state index in [1.54, 1.807) is 13.1 Å². The maximum absolute atomic E-state index is 13.1. The first-order valence-electron chi connectivity index (χ1n) is 5.97. The number of nitrogens with one attached hydrogen (secondary N) is 1. The van der Waals surface area contributed by atoms with Gasteiger partial charge in [0.05, 0.1) is 11.1 Å². The second-order valence-electron chi connectivity index (χ2n) is 4.69. The van der Waals surface area contributed by atoms with Crippen molar-refractivity contribution >= 4 is 23.2 Å². The third kappa shape index (κ3) is 2.65. The molecule has 2 unspecified atom stereocenters. The minimum atomic E-state index is -0.478. The average molecular weight is 271 g/mol. The molecule has 1 heterocycles. The molecule has 1 amide bonds. The quantitative estimate of drug-likeness (QED) is 0.896. The van der Waals surface area contributed by atoms with Crippen LogP contribution < -0.4 is 10.2 Å². The SMILES string of the molecule is CC1CCC(C(=O)N(C)c2ccc(F)c(Cl)c2)N1. The Balaban J connectivity index is 2.12. The summed E-state index contributed by atoms with van der Waals surface area (Å²) in [6.07, 6.45) is 1.83. The number of benzene rings is 1. The largest absolute Gasteiger partial charge is 0.314 e. The van der Waals surface area contributed by atoms with Gasteiger partial charge in [-0.3, -0.25) is 4.79 Å². The molecular weight excluding hydrogens is 255 g/mol. The molecule has 1 aliphatic rings. The molecule has 0 bridgehead atoms. The lowest BCUT2D eigenvalue weighted by Crippen LogP contribution is -2.43. The van der Waals surface area contributed by atoms with Gasteiger partial charge >= 0.3 is 0 Å². The van der Waals surface area contributed by atoms with Gasteiger partial charge in [0.15, 0.2) is 0 Å². The van der Waals surface area contributed by atoms with Gasteiger partial charge in [-0.25, -0.2) is 4.39 Å². The first-order chi connectivity index (χ1) is 8.49. The zero-order chi connectivity index (χ0) is 13.3. The maximum atomic E-state index is 13.1. The Morgan fingerprint density at radius 2 is 2.22 bits per heavy atom. The number of hydrogen-bond donors (Lipinski definition) is 1. The summed E-state index contributed by atoms with van der Waals surface area (Å²) in [7, 11) is 1.68. The molecule has 1 saturated heterocycles. The lowest BCUT2D eigenvalue weighted by molar-refractivity contribution is -0.120. The van der Waals surface area contributed by atoms with Gasteiger partial charge in [0, 0.05) is 18.8 Å². The van der Waals surface area contributed by atoms with Gasteiger partial charge < -0.3 is 10.2 Å². The van der Waals surface area contributed by atoms with E-state index < -0.39 is 5.82 Å². The number of nitrogens with zero attached hydrogens (tertiary/aromatic N) is 1. The summed E-state index contributed by atoms with van der Waals surface area (Å²) in [5.74, 6) is -0.490. The summed E-state index contributed by atoms with van der Waals surface area (Å²) in [6.45, 7) is 2.06. The number of likely N-dealkylation sites (N-methyl/N-ethyl adjacent to an activating group) is 1. The van der Waals surface area contributed by atoms with Crippen molar-refractivity contribution in [2.24, 2.45) is 0 Å². The summed E-state index contributed by atoms with van der Waals surface area (Å²) >= 11 is 5.72. The van der Waals surface area contributed by atoms with Crippen LogP contribution in [0.15, 0.2) is 18.2 Å². The zero-order valence-corrected chi connectivity index (χ0v) is 11.2. The van der Waals surface area contributed by atoms with Crippen LogP contribution in [0, 0.1) is 5.82 Å². The Morgan fingerprint density at radius 1 is 1.50 bits per heavy atom. The molecule has 2 rings (SSSR count). The van der Waals surface area contributed by atoms with Crippen LogP contribution in [0.5, 0.6) is 0 Å². The van der Waals surface area contributed by atoms with Gasteiger partial charge in [0.1, 0.15) is 5.82 Å². The van der Waals surface area contributed by atoms with Gasteiger partial charge in [-0.2, -0.15) is 0 Å². The van der Waals surface area contributed by atoms with Gasteiger partial charge in [0.2, 0.25) is 5.91 Å². The van der Waals surface area contributed by atoms with E-state index in [1.165, 1.54) is 17.0 Å². The molecule has 3 nitrogen and oxygen atoms in total. The lowest BCUT2D eigenvalue weighted by Gasteiger charge is -2.22. The predicted molar refractivity (Wildman–Crippen MR) is 70.4 cm³/mol. The van der Waals surface area contributed by atoms with E-state index >= 15 is 0 Å². The van der Waals surface area contributed by atoms with Gasteiger partial charge in [0.25, 0.3) is 0 Å². The molecule has 1 aromatic carbocycles. The van der Waals surface area contributed by atoms with Crippen LogP contribution in [-0.4, -0.2) is 25.0 Å². The molecule has 1 aromatic rings. The molecular formula is C13H16ClFN2O. The third-order valence-corrected chi connectivity index (χ3v) is 3.58. The molecule has 0 spiro atoms. The topological polar surface area (TPSA) is 32.3 Å². The van der Waals surface area contributed by atoms with Crippen molar-refractivity contribution in [3.8, 4) is 0 Å². The van der Waals surface area contributed by atoms with E-state index in [9.17, 15) is 9.18 Å². The molecule has 1 aliphatic heterocycles. The molecule has 0 saturated carbocycles. The molecule has 1 N–H and O–H groups in total. The van der Waals surface area contributed by atoms with Gasteiger partial charge in [-0.1, -0.05) is 11.6 Å². The van der Waals surface area contributed by atoms with E-state index in [-0.39, 0.29) is 17.0 Å². The van der Waals surface area contributed by atoms with E-state index in [0.717, 1.165) is 12.8 Å². The Hall–Kier alpha value is -1.13. The Labute approximate surface area is 111 Å². The van der Waals surface area contributed by atoms with Crippen LogP contribution in [0.3, 0.4) is 0 Å². The summed E-state index contributed by atoms with van der Waals surface area (Å²) < 4.78 is 13.1. The normalized spacial score (nSPS) is 23.1. The Kier molecular flexibility index (Phi) is 3.88. The van der Waals surface area contributed by atoms with Gasteiger partial charge in [-0.05, 0) is 38.0 Å². The number of hydrogen-bond acceptors (Lipinski definition) is 2. The summed E-state index contributed by atoms with van der Waals surface area (Å²) in [4.78, 5) is 13.7. The third-order valence-electron chi connectivity index (χ3n) is 3.29. The fourth-order valence-corrected chi connectivity index (χ4v) is 2.35. The van der Waals surface area contributed by atoms with E-state index in [0.29, 0.717) is 11.7 Å². The Morgan fingerprint density at radius 3 is 2.78 bits per heavy atom. The number of halogens is 2. The standard InChI is InChI=1S/C13H16ClFN2O/c1-8-3-6-12(16-8)13(18)17(2)9-4-5-11(15)10(14)7-9/h4-5,7-8,12,16H,3,6H2,1-2H3. The molecule has 2 atom stereocenters. The summed E-state index contributed by atoms with van der Waals surface area (Å²) in [6, 6.07) is 4.49. The smallest absolute Gasteiger partial charge is 0.243 e. The minimum Gasteiger partial charge on any atom is -0.314 e. The van der Waals surface area contributed by atoms with E-state index in [1.807, 2.05) is 0 Å². The van der Waals surface area contributed by atoms with Crippen LogP contribution in [0.1, 0.15) is 19.8 Å². The monoisotopic (exact) mass is 270 g/mol. The lowest BCUT2D eigenvalue weighted by atomic mass is 10.2.